The van der Waals surface area contributed by atoms with Crippen molar-refractivity contribution in [2.45, 2.75) is 81.7 Å². The molecule has 1 aliphatic carbocycles. The third-order valence-electron chi connectivity index (χ3n) is 6.62. The summed E-state index contributed by atoms with van der Waals surface area (Å²) >= 11 is 0. The summed E-state index contributed by atoms with van der Waals surface area (Å²) in [6, 6.07) is 19.6. The second kappa shape index (κ2) is 10.4. The molecule has 0 bridgehead atoms. The number of ether oxygens (including phenoxy) is 5. The van der Waals surface area contributed by atoms with Gasteiger partial charge in [0.05, 0.1) is 25.4 Å². The molecule has 3 aliphatic rings. The van der Waals surface area contributed by atoms with Gasteiger partial charge >= 0.3 is 0 Å². The van der Waals surface area contributed by atoms with E-state index in [-0.39, 0.29) is 24.4 Å². The molecule has 0 spiro atoms. The van der Waals surface area contributed by atoms with E-state index in [0.717, 1.165) is 24.0 Å². The summed E-state index contributed by atoms with van der Waals surface area (Å²) in [5.41, 5.74) is 8.77. The van der Waals surface area contributed by atoms with Crippen LogP contribution in [0.15, 0.2) is 60.7 Å². The Balaban J connectivity index is 1.32. The maximum atomic E-state index is 6.70. The Morgan fingerprint density at radius 3 is 2.34 bits per heavy atom. The average Bonchev–Trinajstić information content (AvgIpc) is 2.86. The molecule has 2 heterocycles. The zero-order chi connectivity index (χ0) is 21.8. The summed E-state index contributed by atoms with van der Waals surface area (Å²) in [4.78, 5) is 0. The lowest BCUT2D eigenvalue weighted by Gasteiger charge is -2.49. The van der Waals surface area contributed by atoms with Gasteiger partial charge < -0.3 is 29.4 Å². The largest absolute Gasteiger partial charge is 0.369 e. The predicted octanol–water partition coefficient (Wildman–Crippen LogP) is 4.09. The van der Waals surface area contributed by atoms with Crippen LogP contribution in [-0.4, -0.2) is 43.4 Å². The smallest absolute Gasteiger partial charge is 0.184 e. The van der Waals surface area contributed by atoms with Crippen molar-refractivity contribution in [3.8, 4) is 0 Å². The van der Waals surface area contributed by atoms with Crippen molar-refractivity contribution in [1.82, 2.24) is 0 Å². The van der Waals surface area contributed by atoms with Gasteiger partial charge in [-0.1, -0.05) is 79.9 Å². The highest BCUT2D eigenvalue weighted by Gasteiger charge is 2.50. The van der Waals surface area contributed by atoms with Crippen molar-refractivity contribution in [2.75, 3.05) is 6.61 Å². The normalized spacial score (nSPS) is 33.5. The van der Waals surface area contributed by atoms with Crippen molar-refractivity contribution in [2.24, 2.45) is 5.73 Å². The van der Waals surface area contributed by atoms with Crippen LogP contribution in [0.25, 0.3) is 0 Å². The molecular formula is C26H33NO5. The first-order chi connectivity index (χ1) is 15.8. The van der Waals surface area contributed by atoms with Crippen LogP contribution in [0.1, 0.15) is 49.5 Å². The number of hydrogen-bond acceptors (Lipinski definition) is 6. The molecule has 6 heteroatoms. The van der Waals surface area contributed by atoms with Crippen LogP contribution in [0.4, 0.5) is 0 Å². The minimum Gasteiger partial charge on any atom is -0.369 e. The van der Waals surface area contributed by atoms with Crippen molar-refractivity contribution in [3.63, 3.8) is 0 Å². The Hall–Kier alpha value is -1.80. The molecule has 6 atom stereocenters. The Morgan fingerprint density at radius 1 is 0.875 bits per heavy atom. The first-order valence-electron chi connectivity index (χ1n) is 11.8. The molecule has 1 saturated carbocycles. The van der Waals surface area contributed by atoms with E-state index in [9.17, 15) is 0 Å². The van der Waals surface area contributed by atoms with Crippen LogP contribution in [0.3, 0.4) is 0 Å². The fraction of sp³-hybridized carbons (Fsp3) is 0.538. The maximum Gasteiger partial charge on any atom is 0.184 e. The summed E-state index contributed by atoms with van der Waals surface area (Å²) < 4.78 is 31.4. The van der Waals surface area contributed by atoms with Gasteiger partial charge in [0.25, 0.3) is 0 Å². The van der Waals surface area contributed by atoms with Crippen molar-refractivity contribution < 1.29 is 23.7 Å². The topological polar surface area (TPSA) is 72.2 Å². The minimum absolute atomic E-state index is 0.189. The van der Waals surface area contributed by atoms with E-state index < -0.39 is 18.6 Å². The first-order valence-corrected chi connectivity index (χ1v) is 11.8. The van der Waals surface area contributed by atoms with Gasteiger partial charge in [0.2, 0.25) is 0 Å². The molecule has 2 N–H and O–H groups in total. The van der Waals surface area contributed by atoms with E-state index in [0.29, 0.717) is 13.2 Å². The molecule has 0 aromatic heterocycles. The Labute approximate surface area is 189 Å². The highest BCUT2D eigenvalue weighted by molar-refractivity contribution is 5.17. The number of benzene rings is 2. The highest BCUT2D eigenvalue weighted by atomic mass is 16.8. The summed E-state index contributed by atoms with van der Waals surface area (Å²) in [7, 11) is 0. The van der Waals surface area contributed by atoms with Crippen LogP contribution in [-0.2, 0) is 30.3 Å². The van der Waals surface area contributed by atoms with Gasteiger partial charge in [-0.05, 0) is 18.4 Å². The molecule has 172 valence electrons. The van der Waals surface area contributed by atoms with Crippen LogP contribution >= 0.6 is 0 Å². The molecule has 3 fully saturated rings. The van der Waals surface area contributed by atoms with E-state index in [1.165, 1.54) is 19.3 Å². The molecule has 2 aliphatic heterocycles. The maximum absolute atomic E-state index is 6.70. The van der Waals surface area contributed by atoms with Gasteiger partial charge in [-0.2, -0.15) is 0 Å². The molecule has 0 amide bonds. The van der Waals surface area contributed by atoms with Crippen LogP contribution in [0, 0.1) is 0 Å². The molecule has 2 aromatic rings. The monoisotopic (exact) mass is 439 g/mol. The third kappa shape index (κ3) is 5.06. The zero-order valence-electron chi connectivity index (χ0n) is 18.4. The van der Waals surface area contributed by atoms with E-state index >= 15 is 0 Å². The molecular weight excluding hydrogens is 406 g/mol. The Morgan fingerprint density at radius 2 is 1.59 bits per heavy atom. The molecule has 0 unspecified atom stereocenters. The van der Waals surface area contributed by atoms with Crippen molar-refractivity contribution in [1.29, 1.82) is 0 Å². The quantitative estimate of drug-likeness (QED) is 0.731. The fourth-order valence-corrected chi connectivity index (χ4v) is 4.86. The second-order valence-corrected chi connectivity index (χ2v) is 8.95. The van der Waals surface area contributed by atoms with Gasteiger partial charge in [-0.25, -0.2) is 0 Å². The SMILES string of the molecule is N[C@H]1[C@H](OC2CCCCC2)O[C@@H]2CO[C@@H](c3ccccc3)O[C@H]2[C@@H]1OCc1ccccc1. The molecule has 2 saturated heterocycles. The average molecular weight is 440 g/mol. The second-order valence-electron chi connectivity index (χ2n) is 8.95. The molecule has 5 rings (SSSR count). The predicted molar refractivity (Wildman–Crippen MR) is 120 cm³/mol. The summed E-state index contributed by atoms with van der Waals surface area (Å²) in [5, 5.41) is 0. The number of rotatable bonds is 6. The van der Waals surface area contributed by atoms with Crippen LogP contribution in [0.2, 0.25) is 0 Å². The fourth-order valence-electron chi connectivity index (χ4n) is 4.86. The van der Waals surface area contributed by atoms with Gasteiger partial charge in [0.15, 0.2) is 12.6 Å². The van der Waals surface area contributed by atoms with Gasteiger partial charge in [0.1, 0.15) is 18.3 Å². The van der Waals surface area contributed by atoms with Gasteiger partial charge in [-0.15, -0.1) is 0 Å². The Kier molecular flexibility index (Phi) is 7.17. The summed E-state index contributed by atoms with van der Waals surface area (Å²) in [6.07, 6.45) is 3.98. The highest BCUT2D eigenvalue weighted by Crippen LogP contribution is 2.36. The molecule has 2 aromatic carbocycles. The number of nitrogens with two attached hydrogens (primary N) is 1. The number of fused-ring (bicyclic) bond motifs is 1. The lowest BCUT2D eigenvalue weighted by molar-refractivity contribution is -0.352. The molecule has 6 nitrogen and oxygen atoms in total. The molecule has 0 radical (unpaired) electrons. The van der Waals surface area contributed by atoms with Crippen LogP contribution < -0.4 is 5.73 Å². The minimum atomic E-state index is -0.527. The van der Waals surface area contributed by atoms with E-state index in [1.54, 1.807) is 0 Å². The van der Waals surface area contributed by atoms with E-state index in [4.69, 9.17) is 29.4 Å². The van der Waals surface area contributed by atoms with E-state index in [1.807, 2.05) is 48.5 Å². The third-order valence-corrected chi connectivity index (χ3v) is 6.62. The lowest BCUT2D eigenvalue weighted by atomic mass is 9.94. The molecule has 32 heavy (non-hydrogen) atoms. The van der Waals surface area contributed by atoms with Crippen molar-refractivity contribution >= 4 is 0 Å². The first kappa shape index (κ1) is 22.0. The van der Waals surface area contributed by atoms with E-state index in [2.05, 4.69) is 12.1 Å². The van der Waals surface area contributed by atoms with Gasteiger partial charge in [-0.3, -0.25) is 0 Å². The Bertz CT molecular complexity index is 829. The van der Waals surface area contributed by atoms with Crippen LogP contribution in [0.5, 0.6) is 0 Å². The number of hydrogen-bond donors (Lipinski definition) is 1. The van der Waals surface area contributed by atoms with Gasteiger partial charge in [0, 0.05) is 5.56 Å². The summed E-state index contributed by atoms with van der Waals surface area (Å²) in [6.45, 7) is 0.867. The standard InChI is InChI=1S/C26H33NO5/c27-22-24(28-16-18-10-4-1-5-11-18)23-21(31-26(22)30-20-14-8-3-9-15-20)17-29-25(32-23)19-12-6-2-7-13-19/h1-2,4-7,10-13,20-26H,3,8-9,14-17,27H2/t21-,22-,23-,24-,25-,26-/m1/s1. The zero-order valence-corrected chi connectivity index (χ0v) is 18.4. The summed E-state index contributed by atoms with van der Waals surface area (Å²) in [5.74, 6) is 0. The lowest BCUT2D eigenvalue weighted by Crippen LogP contribution is -2.66. The van der Waals surface area contributed by atoms with Crippen molar-refractivity contribution in [3.05, 3.63) is 71.8 Å².